The van der Waals surface area contributed by atoms with Gasteiger partial charge in [0.1, 0.15) is 5.69 Å². The third-order valence-corrected chi connectivity index (χ3v) is 4.00. The van der Waals surface area contributed by atoms with Crippen LogP contribution in [0.15, 0.2) is 28.8 Å². The van der Waals surface area contributed by atoms with Crippen LogP contribution in [0, 0.1) is 18.3 Å². The molecule has 2 heterocycles. The molecule has 8 nitrogen and oxygen atoms in total. The topological polar surface area (TPSA) is 128 Å². The largest absolute Gasteiger partial charge is 0.431 e. The molecule has 2 aromatic rings. The van der Waals surface area contributed by atoms with E-state index in [-0.39, 0.29) is 36.3 Å². The number of primary amides is 1. The molecule has 0 spiro atoms. The van der Waals surface area contributed by atoms with Crippen LogP contribution in [0.5, 0.6) is 0 Å². The fourth-order valence-corrected chi connectivity index (χ4v) is 2.41. The van der Waals surface area contributed by atoms with Crippen molar-refractivity contribution in [3.05, 3.63) is 42.3 Å². The lowest BCUT2D eigenvalue weighted by atomic mass is 10.0. The van der Waals surface area contributed by atoms with Crippen LogP contribution in [0.2, 0.25) is 0 Å². The molecule has 1 atom stereocenters. The predicted octanol–water partition coefficient (Wildman–Crippen LogP) is 1.95. The number of Topliss-reactive ketones (excluding diaryl/α,β-unsaturated/α-hetero) is 1. The van der Waals surface area contributed by atoms with E-state index in [0.717, 1.165) is 0 Å². The summed E-state index contributed by atoms with van der Waals surface area (Å²) in [6, 6.07) is 5.33. The van der Waals surface area contributed by atoms with Crippen LogP contribution in [-0.2, 0) is 16.0 Å². The van der Waals surface area contributed by atoms with Gasteiger partial charge in [-0.25, -0.2) is 4.98 Å². The van der Waals surface area contributed by atoms with E-state index >= 15 is 0 Å². The summed E-state index contributed by atoms with van der Waals surface area (Å²) >= 11 is 0. The zero-order valence-corrected chi connectivity index (χ0v) is 16.3. The first-order valence-corrected chi connectivity index (χ1v) is 9.12. The van der Waals surface area contributed by atoms with Gasteiger partial charge in [-0.2, -0.15) is 0 Å². The van der Waals surface area contributed by atoms with E-state index in [1.807, 2.05) is 13.8 Å². The Balaban J connectivity index is 2.06. The van der Waals surface area contributed by atoms with Crippen molar-refractivity contribution in [1.82, 2.24) is 15.3 Å². The molecule has 0 aliphatic carbocycles. The molecule has 0 fully saturated rings. The van der Waals surface area contributed by atoms with E-state index in [9.17, 15) is 14.4 Å². The van der Waals surface area contributed by atoms with Gasteiger partial charge in [0, 0.05) is 12.1 Å². The van der Waals surface area contributed by atoms with Crippen molar-refractivity contribution in [3.63, 3.8) is 0 Å². The van der Waals surface area contributed by atoms with Crippen molar-refractivity contribution < 1.29 is 18.8 Å². The highest BCUT2D eigenvalue weighted by Gasteiger charge is 2.22. The van der Waals surface area contributed by atoms with Crippen molar-refractivity contribution in [2.24, 2.45) is 17.6 Å². The highest BCUT2D eigenvalue weighted by atomic mass is 16.4. The molecule has 0 bridgehead atoms. The molecule has 0 aliphatic heterocycles. The number of nitrogens with one attached hydrogen (secondary N) is 1. The summed E-state index contributed by atoms with van der Waals surface area (Å²) in [6.45, 7) is 5.42. The average Bonchev–Trinajstić information content (AvgIpc) is 3.07. The lowest BCUT2D eigenvalue weighted by Gasteiger charge is -2.07. The van der Waals surface area contributed by atoms with Crippen molar-refractivity contribution in [1.29, 1.82) is 0 Å². The van der Waals surface area contributed by atoms with Gasteiger partial charge < -0.3 is 15.5 Å². The third-order valence-electron chi connectivity index (χ3n) is 4.00. The molecular weight excluding hydrogens is 360 g/mol. The van der Waals surface area contributed by atoms with Crippen LogP contribution in [0.4, 0.5) is 0 Å². The molecule has 2 aromatic heterocycles. The second-order valence-electron chi connectivity index (χ2n) is 6.99. The predicted molar refractivity (Wildman–Crippen MR) is 103 cm³/mol. The lowest BCUT2D eigenvalue weighted by Crippen LogP contribution is -2.31. The number of oxazole rings is 1. The Morgan fingerprint density at radius 2 is 2.00 bits per heavy atom. The number of hydrogen-bond acceptors (Lipinski definition) is 6. The molecule has 0 aliphatic rings. The van der Waals surface area contributed by atoms with E-state index in [1.165, 1.54) is 6.42 Å². The molecule has 0 aromatic carbocycles. The summed E-state index contributed by atoms with van der Waals surface area (Å²) in [4.78, 5) is 44.1. The van der Waals surface area contributed by atoms with Crippen LogP contribution in [0.3, 0.4) is 0 Å². The van der Waals surface area contributed by atoms with E-state index in [1.54, 1.807) is 31.3 Å². The number of hydrogen-bond donors (Lipinski definition) is 2. The molecule has 149 valence electrons. The van der Waals surface area contributed by atoms with E-state index < -0.39 is 17.7 Å². The molecule has 0 saturated heterocycles. The first kappa shape index (κ1) is 21.3. The summed E-state index contributed by atoms with van der Waals surface area (Å²) in [6.07, 6.45) is 3.69. The molecule has 3 N–H and O–H groups in total. The zero-order chi connectivity index (χ0) is 20.7. The van der Waals surface area contributed by atoms with Gasteiger partial charge in [-0.05, 0) is 30.9 Å². The van der Waals surface area contributed by atoms with Crippen LogP contribution in [-0.4, -0.2) is 34.1 Å². The maximum atomic E-state index is 12.6. The van der Waals surface area contributed by atoms with Crippen molar-refractivity contribution in [2.45, 2.75) is 33.6 Å². The smallest absolute Gasteiger partial charge is 0.246 e. The Kier molecular flexibility index (Phi) is 7.43. The molecule has 28 heavy (non-hydrogen) atoms. The Hall–Kier alpha value is -3.03. The highest BCUT2D eigenvalue weighted by molar-refractivity contribution is 5.99. The Labute approximate surface area is 163 Å². The molecular formula is C20H25N4O4. The Morgan fingerprint density at radius 3 is 2.61 bits per heavy atom. The minimum absolute atomic E-state index is 0.125. The summed E-state index contributed by atoms with van der Waals surface area (Å²) in [5, 5.41) is 2.51. The van der Waals surface area contributed by atoms with Gasteiger partial charge in [0.05, 0.1) is 18.7 Å². The van der Waals surface area contributed by atoms with Gasteiger partial charge in [-0.15, -0.1) is 0 Å². The first-order valence-electron chi connectivity index (χ1n) is 9.12. The van der Waals surface area contributed by atoms with E-state index in [0.29, 0.717) is 17.8 Å². The minimum atomic E-state index is -0.484. The van der Waals surface area contributed by atoms with Crippen LogP contribution in [0.1, 0.15) is 43.4 Å². The molecule has 2 rings (SSSR count). The van der Waals surface area contributed by atoms with Crippen LogP contribution in [0.25, 0.3) is 11.6 Å². The molecule has 2 amide bonds. The minimum Gasteiger partial charge on any atom is -0.431 e. The van der Waals surface area contributed by atoms with Crippen molar-refractivity contribution in [3.8, 4) is 11.6 Å². The summed E-state index contributed by atoms with van der Waals surface area (Å²) in [5.74, 6) is -1.10. The third kappa shape index (κ3) is 6.00. The molecule has 1 radical (unpaired) electrons. The number of ketones is 1. The lowest BCUT2D eigenvalue weighted by molar-refractivity contribution is -0.121. The van der Waals surface area contributed by atoms with Crippen LogP contribution < -0.4 is 11.1 Å². The standard InChI is InChI=1S/C20H25N4O4/c1-12(2)10-15-18(28-20(24-15)14-6-4-5-9-22-14)16(25)11-23-17(26)8-7-13(3)19(21)27/h4-6,8-9,12-13H,7,10-11H2,1-3H3,(H2,21,27)(H,23,26). The number of nitrogens with two attached hydrogens (primary N) is 1. The van der Waals surface area contributed by atoms with Gasteiger partial charge in [-0.1, -0.05) is 26.8 Å². The SMILES string of the molecule is CC(C)Cc1nc(-c2ccccn2)oc1C(=O)CNC(=O)[CH]CC(C)C(N)=O. The number of amides is 2. The van der Waals surface area contributed by atoms with Crippen molar-refractivity contribution >= 4 is 17.6 Å². The second kappa shape index (κ2) is 9.77. The Morgan fingerprint density at radius 1 is 1.25 bits per heavy atom. The van der Waals surface area contributed by atoms with Gasteiger partial charge in [-0.3, -0.25) is 19.4 Å². The number of pyridine rings is 1. The maximum absolute atomic E-state index is 12.6. The first-order chi connectivity index (χ1) is 13.3. The fourth-order valence-electron chi connectivity index (χ4n) is 2.41. The van der Waals surface area contributed by atoms with E-state index in [2.05, 4.69) is 15.3 Å². The maximum Gasteiger partial charge on any atom is 0.246 e. The zero-order valence-electron chi connectivity index (χ0n) is 16.3. The van der Waals surface area contributed by atoms with Crippen molar-refractivity contribution in [2.75, 3.05) is 6.54 Å². The summed E-state index contributed by atoms with van der Waals surface area (Å²) < 4.78 is 5.68. The van der Waals surface area contributed by atoms with Gasteiger partial charge in [0.15, 0.2) is 5.76 Å². The summed E-state index contributed by atoms with van der Waals surface area (Å²) in [7, 11) is 0. The Bertz CT molecular complexity index is 830. The quantitative estimate of drug-likeness (QED) is 0.602. The van der Waals surface area contributed by atoms with E-state index in [4.69, 9.17) is 10.2 Å². The number of carbonyl (C=O) groups excluding carboxylic acids is 3. The number of rotatable bonds is 10. The molecule has 0 saturated carbocycles. The second-order valence-corrected chi connectivity index (χ2v) is 6.99. The molecule has 1 unspecified atom stereocenters. The van der Waals surface area contributed by atoms with Gasteiger partial charge in [0.25, 0.3) is 0 Å². The number of carbonyl (C=O) groups is 3. The monoisotopic (exact) mass is 385 g/mol. The fraction of sp³-hybridized carbons (Fsp3) is 0.400. The van der Waals surface area contributed by atoms with Gasteiger partial charge >= 0.3 is 0 Å². The highest BCUT2D eigenvalue weighted by Crippen LogP contribution is 2.22. The number of nitrogens with zero attached hydrogens (tertiary/aromatic N) is 2. The normalized spacial score (nSPS) is 12.0. The average molecular weight is 385 g/mol. The molecule has 8 heteroatoms. The van der Waals surface area contributed by atoms with Gasteiger partial charge in [0.2, 0.25) is 23.5 Å². The number of aromatic nitrogens is 2. The summed E-state index contributed by atoms with van der Waals surface area (Å²) in [5.41, 5.74) is 6.23. The van der Waals surface area contributed by atoms with Crippen LogP contribution >= 0.6 is 0 Å².